The van der Waals surface area contributed by atoms with Gasteiger partial charge in [-0.05, 0) is 53.9 Å². The van der Waals surface area contributed by atoms with E-state index >= 15 is 0 Å². The molecule has 0 saturated heterocycles. The molecule has 2 amide bonds. The van der Waals surface area contributed by atoms with Gasteiger partial charge in [0.2, 0.25) is 5.88 Å². The number of carbonyl (C=O) groups is 3. The highest BCUT2D eigenvalue weighted by Gasteiger charge is 2.23. The van der Waals surface area contributed by atoms with Crippen molar-refractivity contribution >= 4 is 29.3 Å². The topological polar surface area (TPSA) is 188 Å². The molecule has 0 saturated carbocycles. The van der Waals surface area contributed by atoms with E-state index in [-0.39, 0.29) is 52.2 Å². The number of aliphatic hydroxyl groups excluding tert-OH is 1. The third-order valence-corrected chi connectivity index (χ3v) is 5.87. The van der Waals surface area contributed by atoms with Gasteiger partial charge in [-0.3, -0.25) is 15.0 Å². The van der Waals surface area contributed by atoms with Crippen molar-refractivity contribution in [2.75, 3.05) is 19.0 Å². The number of hydrogen-bond acceptors (Lipinski definition) is 7. The molecule has 0 aliphatic heterocycles. The van der Waals surface area contributed by atoms with Crippen molar-refractivity contribution in [3.05, 3.63) is 77.0 Å². The van der Waals surface area contributed by atoms with Crippen molar-refractivity contribution in [2.24, 2.45) is 11.7 Å². The quantitative estimate of drug-likeness (QED) is 0.174. The van der Waals surface area contributed by atoms with Crippen molar-refractivity contribution in [2.45, 2.75) is 19.9 Å². The molecular formula is C27H29N5O6. The first kappa shape index (κ1) is 27.8. The molecule has 11 heteroatoms. The monoisotopic (exact) mass is 519 g/mol. The Balaban J connectivity index is 2.02. The molecule has 1 heterocycles. The molecule has 2 aromatic carbocycles. The van der Waals surface area contributed by atoms with Gasteiger partial charge in [0, 0.05) is 28.4 Å². The number of amides is 2. The van der Waals surface area contributed by atoms with E-state index in [0.717, 1.165) is 0 Å². The number of carboxylic acid groups (broad SMARTS) is 1. The number of amidine groups is 1. The highest BCUT2D eigenvalue weighted by molar-refractivity contribution is 6.10. The van der Waals surface area contributed by atoms with Gasteiger partial charge in [-0.1, -0.05) is 19.9 Å². The van der Waals surface area contributed by atoms with Crippen molar-refractivity contribution in [1.82, 2.24) is 10.3 Å². The van der Waals surface area contributed by atoms with E-state index in [1.807, 2.05) is 13.8 Å². The predicted molar refractivity (Wildman–Crippen MR) is 142 cm³/mol. The fraction of sp³-hybridized carbons (Fsp3) is 0.222. The van der Waals surface area contributed by atoms with Gasteiger partial charge in [-0.2, -0.15) is 0 Å². The summed E-state index contributed by atoms with van der Waals surface area (Å²) < 4.78 is 5.16. The van der Waals surface area contributed by atoms with Crippen LogP contribution in [0.25, 0.3) is 11.1 Å². The molecule has 0 aliphatic rings. The maximum atomic E-state index is 13.2. The number of nitrogens with one attached hydrogen (secondary N) is 3. The number of nitrogen functional groups attached to an aromatic ring is 1. The number of aliphatic hydroxyl groups is 1. The lowest BCUT2D eigenvalue weighted by atomic mass is 9.95. The number of aromatic nitrogens is 1. The van der Waals surface area contributed by atoms with Crippen molar-refractivity contribution in [3.63, 3.8) is 0 Å². The van der Waals surface area contributed by atoms with Gasteiger partial charge in [0.15, 0.2) is 0 Å². The molecule has 11 nitrogen and oxygen atoms in total. The lowest BCUT2D eigenvalue weighted by molar-refractivity contribution is 0.0697. The molecule has 7 N–H and O–H groups in total. The summed E-state index contributed by atoms with van der Waals surface area (Å²) in [6, 6.07) is 12.9. The lowest BCUT2D eigenvalue weighted by Gasteiger charge is -2.20. The minimum Gasteiger partial charge on any atom is -0.481 e. The SMILES string of the molecule is COc1ccc(-c2ccc(C(=O)NC(CO)C(C)C)cc2C(=O)O)c(C(=O)Nc2ccc(C(=N)N)cc2)n1. The molecule has 1 atom stereocenters. The normalized spacial score (nSPS) is 11.5. The van der Waals surface area contributed by atoms with Gasteiger partial charge < -0.3 is 31.3 Å². The summed E-state index contributed by atoms with van der Waals surface area (Å²) >= 11 is 0. The van der Waals surface area contributed by atoms with Crippen LogP contribution in [-0.4, -0.2) is 58.6 Å². The molecule has 0 aliphatic carbocycles. The summed E-state index contributed by atoms with van der Waals surface area (Å²) in [7, 11) is 1.39. The lowest BCUT2D eigenvalue weighted by Crippen LogP contribution is -2.41. The molecular weight excluding hydrogens is 490 g/mol. The number of rotatable bonds is 10. The highest BCUT2D eigenvalue weighted by atomic mass is 16.5. The van der Waals surface area contributed by atoms with Crippen molar-refractivity contribution in [1.29, 1.82) is 5.41 Å². The third kappa shape index (κ3) is 6.31. The standard InChI is InChI=1S/C27H29N5O6/c1-14(2)21(13-33)31-25(34)16-6-9-18(20(12-16)27(36)37)19-10-11-22(38-3)32-23(19)26(35)30-17-7-4-15(5-8-17)24(28)29/h4-12,14,21,33H,13H2,1-3H3,(H3,28,29)(H,30,35)(H,31,34)(H,36,37). The number of pyridine rings is 1. The van der Waals surface area contributed by atoms with Crippen LogP contribution >= 0.6 is 0 Å². The molecule has 38 heavy (non-hydrogen) atoms. The first-order valence-corrected chi connectivity index (χ1v) is 11.7. The molecule has 0 radical (unpaired) electrons. The van der Waals surface area contributed by atoms with Gasteiger partial charge in [0.05, 0.1) is 25.3 Å². The Kier molecular flexibility index (Phi) is 8.77. The number of carbonyl (C=O) groups excluding carboxylic acids is 2. The fourth-order valence-corrected chi connectivity index (χ4v) is 3.64. The van der Waals surface area contributed by atoms with Gasteiger partial charge in [0.25, 0.3) is 11.8 Å². The van der Waals surface area contributed by atoms with Crippen molar-refractivity contribution in [3.8, 4) is 17.0 Å². The van der Waals surface area contributed by atoms with Crippen LogP contribution in [0.4, 0.5) is 5.69 Å². The molecule has 0 spiro atoms. The predicted octanol–water partition coefficient (Wildman–Crippen LogP) is 2.74. The number of ether oxygens (including phenoxy) is 1. The number of aromatic carboxylic acids is 1. The van der Waals surface area contributed by atoms with Crippen LogP contribution in [0, 0.1) is 11.3 Å². The average molecular weight is 520 g/mol. The minimum atomic E-state index is -1.31. The third-order valence-electron chi connectivity index (χ3n) is 5.87. The molecule has 3 aromatic rings. The van der Waals surface area contributed by atoms with Crippen LogP contribution in [0.3, 0.4) is 0 Å². The van der Waals surface area contributed by atoms with Crippen LogP contribution in [0.5, 0.6) is 5.88 Å². The first-order chi connectivity index (χ1) is 18.0. The van der Waals surface area contributed by atoms with Gasteiger partial charge in [-0.25, -0.2) is 9.78 Å². The summed E-state index contributed by atoms with van der Waals surface area (Å²) in [4.78, 5) is 42.4. The molecule has 3 rings (SSSR count). The summed E-state index contributed by atoms with van der Waals surface area (Å²) in [5.74, 6) is -2.48. The van der Waals surface area contributed by atoms with Gasteiger partial charge in [0.1, 0.15) is 11.5 Å². The second-order valence-electron chi connectivity index (χ2n) is 8.77. The van der Waals surface area contributed by atoms with Gasteiger partial charge >= 0.3 is 5.97 Å². The first-order valence-electron chi connectivity index (χ1n) is 11.7. The molecule has 0 fully saturated rings. The zero-order valence-corrected chi connectivity index (χ0v) is 21.1. The van der Waals surface area contributed by atoms with Crippen LogP contribution in [-0.2, 0) is 0 Å². The van der Waals surface area contributed by atoms with E-state index in [1.54, 1.807) is 24.3 Å². The van der Waals surface area contributed by atoms with Crippen LogP contribution in [0.2, 0.25) is 0 Å². The largest absolute Gasteiger partial charge is 0.481 e. The average Bonchev–Trinajstić information content (AvgIpc) is 2.90. The van der Waals surface area contributed by atoms with E-state index in [4.69, 9.17) is 15.9 Å². The maximum absolute atomic E-state index is 13.2. The molecule has 0 bridgehead atoms. The Bertz CT molecular complexity index is 1370. The summed E-state index contributed by atoms with van der Waals surface area (Å²) in [6.07, 6.45) is 0. The summed E-state index contributed by atoms with van der Waals surface area (Å²) in [6.45, 7) is 3.42. The second-order valence-corrected chi connectivity index (χ2v) is 8.77. The maximum Gasteiger partial charge on any atom is 0.336 e. The zero-order valence-electron chi connectivity index (χ0n) is 21.1. The summed E-state index contributed by atoms with van der Waals surface area (Å²) in [5.41, 5.74) is 6.52. The van der Waals surface area contributed by atoms with E-state index < -0.39 is 23.8 Å². The number of benzene rings is 2. The van der Waals surface area contributed by atoms with Crippen LogP contribution in [0.1, 0.15) is 50.6 Å². The second kappa shape index (κ2) is 12.0. The number of methoxy groups -OCH3 is 1. The van der Waals surface area contributed by atoms with E-state index in [2.05, 4.69) is 15.6 Å². The summed E-state index contributed by atoms with van der Waals surface area (Å²) in [5, 5.41) is 32.3. The number of nitrogens with zero attached hydrogens (tertiary/aromatic N) is 1. The minimum absolute atomic E-state index is 0.0349. The number of hydrogen-bond donors (Lipinski definition) is 6. The van der Waals surface area contributed by atoms with Crippen LogP contribution < -0.4 is 21.1 Å². The molecule has 198 valence electrons. The Labute approximate surface area is 219 Å². The Morgan fingerprint density at radius 1 is 1.00 bits per heavy atom. The number of nitrogens with two attached hydrogens (primary N) is 1. The number of carboxylic acids is 1. The Morgan fingerprint density at radius 3 is 2.18 bits per heavy atom. The molecule has 1 aromatic heterocycles. The highest BCUT2D eigenvalue weighted by Crippen LogP contribution is 2.30. The van der Waals surface area contributed by atoms with Crippen molar-refractivity contribution < 1.29 is 29.3 Å². The molecule has 1 unspecified atom stereocenters. The van der Waals surface area contributed by atoms with Crippen LogP contribution in [0.15, 0.2) is 54.6 Å². The van der Waals surface area contributed by atoms with E-state index in [1.165, 1.54) is 37.4 Å². The van der Waals surface area contributed by atoms with Gasteiger partial charge in [-0.15, -0.1) is 0 Å². The zero-order chi connectivity index (χ0) is 28.0. The Morgan fingerprint density at radius 2 is 1.63 bits per heavy atom. The fourth-order valence-electron chi connectivity index (χ4n) is 3.64. The van der Waals surface area contributed by atoms with E-state index in [0.29, 0.717) is 11.3 Å². The van der Waals surface area contributed by atoms with E-state index in [9.17, 15) is 24.6 Å². The Hall–Kier alpha value is -4.77. The smallest absolute Gasteiger partial charge is 0.336 e. The number of anilines is 1.